The monoisotopic (exact) mass is 327 g/mol. The number of rotatable bonds is 4. The number of nitrogens with zero attached hydrogens (tertiary/aromatic N) is 1. The second-order valence-corrected chi connectivity index (χ2v) is 5.35. The van der Waals surface area contributed by atoms with Crippen molar-refractivity contribution < 1.29 is 0 Å². The third-order valence-electron chi connectivity index (χ3n) is 2.33. The van der Waals surface area contributed by atoms with Gasteiger partial charge in [0.25, 0.3) is 5.56 Å². The van der Waals surface area contributed by atoms with Gasteiger partial charge in [-0.3, -0.25) is 4.79 Å². The molecule has 0 radical (unpaired) electrons. The number of fused-ring (bicyclic) bond motifs is 1. The highest BCUT2D eigenvalue weighted by Gasteiger charge is 2.04. The lowest BCUT2D eigenvalue weighted by Crippen LogP contribution is -2.20. The lowest BCUT2D eigenvalue weighted by Gasteiger charge is -2.04. The summed E-state index contributed by atoms with van der Waals surface area (Å²) < 4.78 is 0.841. The fourth-order valence-electron chi connectivity index (χ4n) is 1.56. The number of hydrogen-bond acceptors (Lipinski definition) is 3. The van der Waals surface area contributed by atoms with Crippen LogP contribution in [0.1, 0.15) is 5.82 Å². The first-order valence-corrected chi connectivity index (χ1v) is 6.46. The van der Waals surface area contributed by atoms with Crippen LogP contribution in [-0.4, -0.2) is 16.5 Å². The van der Waals surface area contributed by atoms with E-state index in [1.165, 1.54) is 0 Å². The highest BCUT2D eigenvalue weighted by atomic mass is 79.9. The summed E-state index contributed by atoms with van der Waals surface area (Å²) in [6.45, 7) is 4.78. The minimum Gasteiger partial charge on any atom is -0.309 e. The molecule has 0 aliphatic heterocycles. The first-order chi connectivity index (χ1) is 8.56. The molecule has 0 amide bonds. The lowest BCUT2D eigenvalue weighted by atomic mass is 10.2. The molecule has 94 valence electrons. The van der Waals surface area contributed by atoms with Gasteiger partial charge in [0.2, 0.25) is 0 Å². The minimum atomic E-state index is -0.161. The van der Waals surface area contributed by atoms with Crippen LogP contribution in [0.2, 0.25) is 5.02 Å². The maximum absolute atomic E-state index is 11.8. The second kappa shape index (κ2) is 5.65. The molecule has 6 heteroatoms. The van der Waals surface area contributed by atoms with Gasteiger partial charge in [-0.25, -0.2) is 4.98 Å². The largest absolute Gasteiger partial charge is 0.309 e. The predicted octanol–water partition coefficient (Wildman–Crippen LogP) is 2.57. The molecule has 0 atom stereocenters. The van der Waals surface area contributed by atoms with E-state index < -0.39 is 0 Å². The van der Waals surface area contributed by atoms with Crippen LogP contribution in [-0.2, 0) is 6.54 Å². The maximum atomic E-state index is 11.8. The zero-order valence-corrected chi connectivity index (χ0v) is 11.8. The van der Waals surface area contributed by atoms with Crippen molar-refractivity contribution in [3.05, 3.63) is 50.5 Å². The molecular formula is C12H11BrClN3O. The van der Waals surface area contributed by atoms with Crippen LogP contribution in [0.4, 0.5) is 0 Å². The van der Waals surface area contributed by atoms with E-state index in [1.807, 2.05) is 0 Å². The molecule has 0 spiro atoms. The van der Waals surface area contributed by atoms with Crippen molar-refractivity contribution >= 4 is 38.4 Å². The van der Waals surface area contributed by atoms with E-state index in [2.05, 4.69) is 37.8 Å². The van der Waals surface area contributed by atoms with Crippen molar-refractivity contribution in [2.24, 2.45) is 0 Å². The van der Waals surface area contributed by atoms with Crippen LogP contribution >= 0.6 is 27.5 Å². The van der Waals surface area contributed by atoms with Crippen LogP contribution in [0.25, 0.3) is 10.9 Å². The summed E-state index contributed by atoms with van der Waals surface area (Å²) in [7, 11) is 0. The van der Waals surface area contributed by atoms with Crippen molar-refractivity contribution in [1.82, 2.24) is 15.3 Å². The number of hydrogen-bond donors (Lipinski definition) is 2. The van der Waals surface area contributed by atoms with E-state index in [9.17, 15) is 4.79 Å². The Hall–Kier alpha value is -1.17. The predicted molar refractivity (Wildman–Crippen MR) is 77.1 cm³/mol. The third-order valence-corrected chi connectivity index (χ3v) is 2.84. The van der Waals surface area contributed by atoms with Gasteiger partial charge in [-0.2, -0.15) is 0 Å². The SMILES string of the molecule is C=C(Br)CNCc1nc2cc(Cl)ccc2c(=O)[nH]1. The van der Waals surface area contributed by atoms with Gasteiger partial charge in [-0.1, -0.05) is 34.1 Å². The molecule has 0 aliphatic carbocycles. The van der Waals surface area contributed by atoms with Crippen LogP contribution in [0.5, 0.6) is 0 Å². The zero-order valence-electron chi connectivity index (χ0n) is 9.46. The highest BCUT2D eigenvalue weighted by Crippen LogP contribution is 2.14. The Kier molecular flexibility index (Phi) is 4.16. The Labute approximate surface area is 117 Å². The number of benzene rings is 1. The molecule has 18 heavy (non-hydrogen) atoms. The average Bonchev–Trinajstić information content (AvgIpc) is 2.27. The summed E-state index contributed by atoms with van der Waals surface area (Å²) in [5.41, 5.74) is 0.437. The molecule has 2 aromatic rings. The molecule has 0 fully saturated rings. The molecule has 0 unspecified atom stereocenters. The summed E-state index contributed by atoms with van der Waals surface area (Å²) in [5, 5.41) is 4.19. The summed E-state index contributed by atoms with van der Waals surface area (Å²) >= 11 is 9.13. The second-order valence-electron chi connectivity index (χ2n) is 3.79. The van der Waals surface area contributed by atoms with Gasteiger partial charge >= 0.3 is 0 Å². The van der Waals surface area contributed by atoms with Crippen molar-refractivity contribution in [3.63, 3.8) is 0 Å². The standard InChI is InChI=1S/C12H11BrClN3O/c1-7(13)5-15-6-11-16-10-4-8(14)2-3-9(10)12(18)17-11/h2-4,15H,1,5-6H2,(H,16,17,18). The minimum absolute atomic E-state index is 0.161. The molecule has 0 saturated carbocycles. The Morgan fingerprint density at radius 2 is 2.33 bits per heavy atom. The van der Waals surface area contributed by atoms with Gasteiger partial charge in [-0.05, 0) is 18.2 Å². The molecule has 1 aromatic heterocycles. The van der Waals surface area contributed by atoms with Gasteiger partial charge < -0.3 is 10.3 Å². The summed E-state index contributed by atoms with van der Waals surface area (Å²) in [5.74, 6) is 0.573. The van der Waals surface area contributed by atoms with Crippen LogP contribution in [0, 0.1) is 0 Å². The van der Waals surface area contributed by atoms with E-state index in [-0.39, 0.29) is 5.56 Å². The first kappa shape index (κ1) is 13.3. The Morgan fingerprint density at radius 1 is 1.56 bits per heavy atom. The summed E-state index contributed by atoms with van der Waals surface area (Å²) in [6.07, 6.45) is 0. The fraction of sp³-hybridized carbons (Fsp3) is 0.167. The van der Waals surface area contributed by atoms with Crippen molar-refractivity contribution in [1.29, 1.82) is 0 Å². The number of halogens is 2. The lowest BCUT2D eigenvalue weighted by molar-refractivity contribution is 0.715. The Bertz CT molecular complexity index is 653. The van der Waals surface area contributed by atoms with Gasteiger partial charge in [0, 0.05) is 16.0 Å². The van der Waals surface area contributed by atoms with E-state index in [1.54, 1.807) is 18.2 Å². The highest BCUT2D eigenvalue weighted by molar-refractivity contribution is 9.11. The van der Waals surface area contributed by atoms with Gasteiger partial charge in [0.15, 0.2) is 0 Å². The third kappa shape index (κ3) is 3.19. The van der Waals surface area contributed by atoms with E-state index in [4.69, 9.17) is 11.6 Å². The molecule has 2 rings (SSSR count). The van der Waals surface area contributed by atoms with Crippen molar-refractivity contribution in [2.45, 2.75) is 6.54 Å². The fourth-order valence-corrected chi connectivity index (χ4v) is 1.93. The first-order valence-electron chi connectivity index (χ1n) is 5.29. The molecular weight excluding hydrogens is 318 g/mol. The van der Waals surface area contributed by atoms with Gasteiger partial charge in [-0.15, -0.1) is 0 Å². The Morgan fingerprint density at radius 3 is 3.06 bits per heavy atom. The molecule has 4 nitrogen and oxygen atoms in total. The summed E-state index contributed by atoms with van der Waals surface area (Å²) in [4.78, 5) is 18.9. The van der Waals surface area contributed by atoms with Gasteiger partial charge in [0.05, 0.1) is 17.4 Å². The van der Waals surface area contributed by atoms with Crippen LogP contribution in [0.15, 0.2) is 34.1 Å². The summed E-state index contributed by atoms with van der Waals surface area (Å²) in [6, 6.07) is 5.02. The van der Waals surface area contributed by atoms with Crippen molar-refractivity contribution in [3.8, 4) is 0 Å². The van der Waals surface area contributed by atoms with Gasteiger partial charge in [0.1, 0.15) is 5.82 Å². The number of nitrogens with one attached hydrogen (secondary N) is 2. The quantitative estimate of drug-likeness (QED) is 0.907. The van der Waals surface area contributed by atoms with E-state index in [0.29, 0.717) is 34.8 Å². The van der Waals surface area contributed by atoms with Crippen molar-refractivity contribution in [2.75, 3.05) is 6.54 Å². The molecule has 1 aromatic carbocycles. The molecule has 0 aliphatic rings. The smallest absolute Gasteiger partial charge is 0.258 e. The number of aromatic amines is 1. The van der Waals surface area contributed by atoms with E-state index in [0.717, 1.165) is 4.48 Å². The van der Waals surface area contributed by atoms with E-state index >= 15 is 0 Å². The molecule has 2 N–H and O–H groups in total. The molecule has 0 saturated heterocycles. The van der Waals surface area contributed by atoms with Crippen LogP contribution < -0.4 is 10.9 Å². The number of H-pyrrole nitrogens is 1. The normalized spacial score (nSPS) is 10.8. The van der Waals surface area contributed by atoms with Crippen LogP contribution in [0.3, 0.4) is 0 Å². The molecule has 0 bridgehead atoms. The maximum Gasteiger partial charge on any atom is 0.258 e. The average molecular weight is 329 g/mol. The number of aromatic nitrogens is 2. The topological polar surface area (TPSA) is 57.8 Å². The zero-order chi connectivity index (χ0) is 13.1. The Balaban J connectivity index is 2.30. The molecule has 1 heterocycles.